The molecule has 6 heteroatoms. The van der Waals surface area contributed by atoms with Crippen molar-refractivity contribution in [3.05, 3.63) is 95.3 Å². The highest BCUT2D eigenvalue weighted by atomic mass is 19.1. The summed E-state index contributed by atoms with van der Waals surface area (Å²) in [5, 5.41) is 10.0. The highest BCUT2D eigenvalue weighted by molar-refractivity contribution is 5.97. The maximum atomic E-state index is 13.2. The van der Waals surface area contributed by atoms with Gasteiger partial charge in [-0.25, -0.2) is 4.39 Å². The number of fused-ring (bicyclic) bond motifs is 1. The molecule has 0 aliphatic carbocycles. The molecule has 2 saturated heterocycles. The number of carbonyl (C=O) groups is 2. The van der Waals surface area contributed by atoms with Crippen LogP contribution in [-0.4, -0.2) is 58.5 Å². The number of piperazine rings is 1. The number of aliphatic hydroxyl groups excluding tert-OH is 1. The summed E-state index contributed by atoms with van der Waals surface area (Å²) in [7, 11) is 0. The first-order valence-electron chi connectivity index (χ1n) is 11.1. The van der Waals surface area contributed by atoms with Gasteiger partial charge in [-0.05, 0) is 47.9 Å². The molecule has 3 aromatic rings. The molecule has 33 heavy (non-hydrogen) atoms. The van der Waals surface area contributed by atoms with E-state index in [0.717, 1.165) is 16.7 Å². The number of aliphatic hydroxyl groups is 1. The molecule has 3 aromatic carbocycles. The van der Waals surface area contributed by atoms with Crippen LogP contribution in [0.3, 0.4) is 0 Å². The first-order valence-corrected chi connectivity index (χ1v) is 11.1. The average molecular weight is 445 g/mol. The van der Waals surface area contributed by atoms with Crippen molar-refractivity contribution in [2.75, 3.05) is 19.7 Å². The van der Waals surface area contributed by atoms with Crippen LogP contribution in [0.2, 0.25) is 0 Å². The molecule has 168 valence electrons. The van der Waals surface area contributed by atoms with Gasteiger partial charge in [0.2, 0.25) is 5.91 Å². The second kappa shape index (κ2) is 8.45. The lowest BCUT2D eigenvalue weighted by Gasteiger charge is -2.58. The number of amides is 2. The number of nitrogens with zero attached hydrogens (tertiary/aromatic N) is 2. The maximum absolute atomic E-state index is 13.2. The number of benzene rings is 3. The van der Waals surface area contributed by atoms with Gasteiger partial charge in [-0.1, -0.05) is 54.1 Å². The summed E-state index contributed by atoms with van der Waals surface area (Å²) in [6.07, 6.45) is 0. The Morgan fingerprint density at radius 3 is 2.18 bits per heavy atom. The van der Waals surface area contributed by atoms with Gasteiger partial charge < -0.3 is 14.9 Å². The Labute approximate surface area is 192 Å². The quantitative estimate of drug-likeness (QED) is 0.669. The van der Waals surface area contributed by atoms with Crippen LogP contribution in [0.15, 0.2) is 72.8 Å². The molecule has 5 nitrogen and oxygen atoms in total. The van der Waals surface area contributed by atoms with Crippen LogP contribution in [0.4, 0.5) is 4.39 Å². The molecule has 5 rings (SSSR count). The van der Waals surface area contributed by atoms with Crippen molar-refractivity contribution in [3.63, 3.8) is 0 Å². The molecule has 0 unspecified atom stereocenters. The zero-order chi connectivity index (χ0) is 23.1. The zero-order valence-electron chi connectivity index (χ0n) is 18.3. The minimum absolute atomic E-state index is 0.0394. The van der Waals surface area contributed by atoms with Crippen LogP contribution >= 0.6 is 0 Å². The summed E-state index contributed by atoms with van der Waals surface area (Å²) in [6.45, 7) is 2.27. The predicted molar refractivity (Wildman–Crippen MR) is 123 cm³/mol. The molecular formula is C27H25FN2O3. The summed E-state index contributed by atoms with van der Waals surface area (Å²) < 4.78 is 13.2. The lowest BCUT2D eigenvalue weighted by atomic mass is 9.73. The van der Waals surface area contributed by atoms with Crippen molar-refractivity contribution < 1.29 is 19.1 Å². The van der Waals surface area contributed by atoms with Gasteiger partial charge >= 0.3 is 0 Å². The van der Waals surface area contributed by atoms with Crippen molar-refractivity contribution in [2.24, 2.45) is 0 Å². The summed E-state index contributed by atoms with van der Waals surface area (Å²) in [6, 6.07) is 21.4. The van der Waals surface area contributed by atoms with Crippen LogP contribution in [-0.2, 0) is 4.79 Å². The SMILES string of the molecule is Cc1ccc(-c2ccc([C@H]3[C@H](CO)N4C(=O)CN(C(=O)c5ccc(F)cc5)C[C@@H]34)cc2)cc1. The molecule has 1 N–H and O–H groups in total. The Morgan fingerprint density at radius 1 is 0.970 bits per heavy atom. The van der Waals surface area contributed by atoms with Gasteiger partial charge in [0.15, 0.2) is 0 Å². The number of hydrogen-bond acceptors (Lipinski definition) is 3. The third-order valence-corrected chi connectivity index (χ3v) is 6.81. The smallest absolute Gasteiger partial charge is 0.254 e. The second-order valence-electron chi connectivity index (χ2n) is 8.82. The second-order valence-corrected chi connectivity index (χ2v) is 8.82. The molecule has 2 amide bonds. The monoisotopic (exact) mass is 444 g/mol. The summed E-state index contributed by atoms with van der Waals surface area (Å²) in [5.41, 5.74) is 4.83. The fraction of sp³-hybridized carbons (Fsp3) is 0.259. The highest BCUT2D eigenvalue weighted by Gasteiger charge is 2.54. The fourth-order valence-electron chi connectivity index (χ4n) is 5.07. The average Bonchev–Trinajstić information content (AvgIpc) is 2.81. The van der Waals surface area contributed by atoms with Crippen LogP contribution in [0.25, 0.3) is 11.1 Å². The summed E-state index contributed by atoms with van der Waals surface area (Å²) >= 11 is 0. The molecule has 0 radical (unpaired) electrons. The van der Waals surface area contributed by atoms with Crippen molar-refractivity contribution >= 4 is 11.8 Å². The van der Waals surface area contributed by atoms with E-state index in [9.17, 15) is 19.1 Å². The van der Waals surface area contributed by atoms with Crippen molar-refractivity contribution in [1.82, 2.24) is 9.80 Å². The number of rotatable bonds is 4. The molecule has 0 aromatic heterocycles. The molecule has 2 fully saturated rings. The third kappa shape index (κ3) is 3.80. The Balaban J connectivity index is 1.38. The molecular weight excluding hydrogens is 419 g/mol. The lowest BCUT2D eigenvalue weighted by Crippen LogP contribution is -2.73. The van der Waals surface area contributed by atoms with E-state index in [0.29, 0.717) is 12.1 Å². The lowest BCUT2D eigenvalue weighted by molar-refractivity contribution is -0.159. The topological polar surface area (TPSA) is 60.9 Å². The molecule has 3 atom stereocenters. The van der Waals surface area contributed by atoms with E-state index in [1.54, 1.807) is 4.90 Å². The van der Waals surface area contributed by atoms with Gasteiger partial charge in [0.05, 0.1) is 18.7 Å². The van der Waals surface area contributed by atoms with E-state index in [4.69, 9.17) is 0 Å². The van der Waals surface area contributed by atoms with Gasteiger partial charge in [0.1, 0.15) is 12.4 Å². The van der Waals surface area contributed by atoms with Crippen LogP contribution < -0.4 is 0 Å². The Kier molecular flexibility index (Phi) is 5.46. The Morgan fingerprint density at radius 2 is 1.58 bits per heavy atom. The van der Waals surface area contributed by atoms with E-state index in [1.165, 1.54) is 34.7 Å². The normalized spacial score (nSPS) is 22.0. The molecule has 0 spiro atoms. The van der Waals surface area contributed by atoms with Gasteiger partial charge in [-0.15, -0.1) is 0 Å². The van der Waals surface area contributed by atoms with Gasteiger partial charge in [-0.3, -0.25) is 9.59 Å². The van der Waals surface area contributed by atoms with Gasteiger partial charge in [0, 0.05) is 18.0 Å². The molecule has 2 aliphatic rings. The minimum Gasteiger partial charge on any atom is -0.394 e. The molecule has 0 bridgehead atoms. The van der Waals surface area contributed by atoms with Crippen LogP contribution in [0, 0.1) is 12.7 Å². The first-order chi connectivity index (χ1) is 16.0. The van der Waals surface area contributed by atoms with Crippen LogP contribution in [0.5, 0.6) is 0 Å². The number of halogens is 1. The predicted octanol–water partition coefficient (Wildman–Crippen LogP) is 3.61. The molecule has 2 aliphatic heterocycles. The van der Waals surface area contributed by atoms with Crippen LogP contribution in [0.1, 0.15) is 27.4 Å². The Hall–Kier alpha value is -3.51. The van der Waals surface area contributed by atoms with E-state index in [-0.39, 0.29) is 43.0 Å². The van der Waals surface area contributed by atoms with Gasteiger partial charge in [-0.2, -0.15) is 0 Å². The van der Waals surface area contributed by atoms with Crippen molar-refractivity contribution in [1.29, 1.82) is 0 Å². The van der Waals surface area contributed by atoms with Crippen molar-refractivity contribution in [3.8, 4) is 11.1 Å². The van der Waals surface area contributed by atoms with E-state index in [1.807, 2.05) is 12.1 Å². The van der Waals surface area contributed by atoms with E-state index < -0.39 is 5.82 Å². The van der Waals surface area contributed by atoms with E-state index >= 15 is 0 Å². The molecule has 0 saturated carbocycles. The standard InChI is InChI=1S/C27H25FN2O3/c1-17-2-4-18(5-3-17)19-6-8-20(9-7-19)26-23-14-29(15-25(32)30(23)24(26)16-31)27(33)21-10-12-22(28)13-11-21/h2-13,23-24,26,31H,14-16H2,1H3/t23-,24-,26+/m0/s1. The zero-order valence-corrected chi connectivity index (χ0v) is 18.3. The Bertz CT molecular complexity index is 1180. The fourth-order valence-corrected chi connectivity index (χ4v) is 5.07. The maximum Gasteiger partial charge on any atom is 0.254 e. The minimum atomic E-state index is -0.411. The first kappa shape index (κ1) is 21.3. The number of hydrogen-bond donors (Lipinski definition) is 1. The molecule has 2 heterocycles. The number of aryl methyl sites for hydroxylation is 1. The largest absolute Gasteiger partial charge is 0.394 e. The van der Waals surface area contributed by atoms with E-state index in [2.05, 4.69) is 43.3 Å². The van der Waals surface area contributed by atoms with Gasteiger partial charge in [0.25, 0.3) is 5.91 Å². The highest BCUT2D eigenvalue weighted by Crippen LogP contribution is 2.43. The number of carbonyl (C=O) groups excluding carboxylic acids is 2. The summed E-state index contributed by atoms with van der Waals surface area (Å²) in [5.74, 6) is -0.932. The summed E-state index contributed by atoms with van der Waals surface area (Å²) in [4.78, 5) is 29.0. The van der Waals surface area contributed by atoms with Crippen molar-refractivity contribution in [2.45, 2.75) is 24.9 Å². The third-order valence-electron chi connectivity index (χ3n) is 6.81.